The molecular weight excluding hydrogens is 334 g/mol. The number of pyridine rings is 1. The fraction of sp³-hybridized carbons (Fsp3) is 0.278. The van der Waals surface area contributed by atoms with E-state index in [1.54, 1.807) is 23.2 Å². The molecular formula is C18H15N5O3. The van der Waals surface area contributed by atoms with E-state index in [1.807, 2.05) is 18.2 Å². The van der Waals surface area contributed by atoms with Crippen LogP contribution in [0.5, 0.6) is 5.75 Å². The van der Waals surface area contributed by atoms with Gasteiger partial charge < -0.3 is 9.64 Å². The van der Waals surface area contributed by atoms with Crippen molar-refractivity contribution in [2.75, 3.05) is 6.54 Å². The summed E-state index contributed by atoms with van der Waals surface area (Å²) in [5, 5.41) is 8.50. The Kier molecular flexibility index (Phi) is 3.24. The van der Waals surface area contributed by atoms with Crippen molar-refractivity contribution in [3.63, 3.8) is 0 Å². The number of benzene rings is 1. The van der Waals surface area contributed by atoms with Gasteiger partial charge in [-0.25, -0.2) is 4.68 Å². The largest absolute Gasteiger partial charge is 0.470 e. The van der Waals surface area contributed by atoms with Crippen molar-refractivity contribution in [2.24, 2.45) is 0 Å². The molecule has 5 rings (SSSR count). The molecule has 3 aromatic rings. The van der Waals surface area contributed by atoms with E-state index in [2.05, 4.69) is 15.3 Å². The number of amides is 1. The number of aromatic nitrogens is 4. The minimum atomic E-state index is -0.284. The van der Waals surface area contributed by atoms with Crippen LogP contribution >= 0.6 is 0 Å². The van der Waals surface area contributed by atoms with Crippen LogP contribution in [0.2, 0.25) is 0 Å². The van der Waals surface area contributed by atoms with Crippen LogP contribution in [0, 0.1) is 0 Å². The third-order valence-electron chi connectivity index (χ3n) is 4.81. The molecule has 0 aliphatic carbocycles. The van der Waals surface area contributed by atoms with E-state index >= 15 is 0 Å². The number of carbonyl (C=O) groups is 1. The summed E-state index contributed by atoms with van der Waals surface area (Å²) in [5.41, 5.74) is 1.26. The Bertz CT molecular complexity index is 1080. The van der Waals surface area contributed by atoms with Crippen LogP contribution in [0.3, 0.4) is 0 Å². The zero-order valence-corrected chi connectivity index (χ0v) is 13.8. The van der Waals surface area contributed by atoms with Crippen LogP contribution in [-0.4, -0.2) is 43.6 Å². The van der Waals surface area contributed by atoms with Crippen LogP contribution < -0.4 is 10.3 Å². The molecule has 26 heavy (non-hydrogen) atoms. The predicted octanol–water partition coefficient (Wildman–Crippen LogP) is 1.19. The summed E-state index contributed by atoms with van der Waals surface area (Å²) >= 11 is 0. The molecule has 1 fully saturated rings. The van der Waals surface area contributed by atoms with E-state index < -0.39 is 0 Å². The Morgan fingerprint density at radius 3 is 3.00 bits per heavy atom. The minimum Gasteiger partial charge on any atom is -0.470 e. The molecule has 0 N–H and O–H groups in total. The summed E-state index contributed by atoms with van der Waals surface area (Å²) < 4.78 is 7.21. The van der Waals surface area contributed by atoms with Crippen molar-refractivity contribution in [3.8, 4) is 5.75 Å². The molecule has 2 aliphatic rings. The van der Waals surface area contributed by atoms with Crippen LogP contribution in [0.4, 0.5) is 0 Å². The van der Waals surface area contributed by atoms with Gasteiger partial charge in [-0.1, -0.05) is 11.3 Å². The Morgan fingerprint density at radius 2 is 2.15 bits per heavy atom. The smallest absolute Gasteiger partial charge is 0.278 e. The Labute approximate surface area is 148 Å². The van der Waals surface area contributed by atoms with Gasteiger partial charge in [0, 0.05) is 19.2 Å². The van der Waals surface area contributed by atoms with Crippen LogP contribution in [0.15, 0.2) is 41.3 Å². The molecule has 1 unspecified atom stereocenters. The van der Waals surface area contributed by atoms with E-state index in [0.29, 0.717) is 34.5 Å². The quantitative estimate of drug-likeness (QED) is 0.690. The van der Waals surface area contributed by atoms with E-state index in [1.165, 1.54) is 4.68 Å². The number of hydrogen-bond donors (Lipinski definition) is 0. The number of fused-ring (bicyclic) bond motifs is 3. The van der Waals surface area contributed by atoms with Crippen LogP contribution in [-0.2, 0) is 6.54 Å². The lowest BCUT2D eigenvalue weighted by Gasteiger charge is -2.31. The fourth-order valence-corrected chi connectivity index (χ4v) is 3.51. The molecule has 8 nitrogen and oxygen atoms in total. The second kappa shape index (κ2) is 5.62. The highest BCUT2D eigenvalue weighted by Crippen LogP contribution is 2.34. The van der Waals surface area contributed by atoms with E-state index in [9.17, 15) is 9.59 Å². The molecule has 0 bridgehead atoms. The van der Waals surface area contributed by atoms with Gasteiger partial charge in [0.1, 0.15) is 11.3 Å². The maximum Gasteiger partial charge on any atom is 0.278 e. The maximum absolute atomic E-state index is 12.8. The average Bonchev–Trinajstić information content (AvgIpc) is 3.13. The SMILES string of the molecule is O=C1c2cc3nnn(Cc4ccccn4)c(=O)c3cc2OC2CCCN12. The highest BCUT2D eigenvalue weighted by atomic mass is 16.5. The lowest BCUT2D eigenvalue weighted by atomic mass is 10.1. The van der Waals surface area contributed by atoms with Crippen LogP contribution in [0.1, 0.15) is 28.9 Å². The summed E-state index contributed by atoms with van der Waals surface area (Å²) in [4.78, 5) is 31.4. The van der Waals surface area contributed by atoms with Gasteiger partial charge in [0.2, 0.25) is 0 Å². The van der Waals surface area contributed by atoms with E-state index in [0.717, 1.165) is 12.8 Å². The van der Waals surface area contributed by atoms with Crippen molar-refractivity contribution < 1.29 is 9.53 Å². The Balaban J connectivity index is 1.60. The number of hydrogen-bond acceptors (Lipinski definition) is 6. The van der Waals surface area contributed by atoms with Crippen molar-refractivity contribution in [1.82, 2.24) is 24.9 Å². The summed E-state index contributed by atoms with van der Waals surface area (Å²) in [5.74, 6) is 0.371. The van der Waals surface area contributed by atoms with Crippen molar-refractivity contribution in [1.29, 1.82) is 0 Å². The van der Waals surface area contributed by atoms with Gasteiger partial charge in [-0.05, 0) is 30.7 Å². The first-order chi connectivity index (χ1) is 12.7. The van der Waals surface area contributed by atoms with E-state index in [4.69, 9.17) is 4.74 Å². The third kappa shape index (κ3) is 2.26. The summed E-state index contributed by atoms with van der Waals surface area (Å²) in [7, 11) is 0. The van der Waals surface area contributed by atoms with Gasteiger partial charge in [0.15, 0.2) is 6.23 Å². The molecule has 130 valence electrons. The predicted molar refractivity (Wildman–Crippen MR) is 91.8 cm³/mol. The molecule has 1 atom stereocenters. The highest BCUT2D eigenvalue weighted by molar-refractivity contribution is 6.01. The lowest BCUT2D eigenvalue weighted by molar-refractivity contribution is 0.0295. The molecule has 4 heterocycles. The first-order valence-electron chi connectivity index (χ1n) is 8.50. The molecule has 0 radical (unpaired) electrons. The minimum absolute atomic E-state index is 0.0740. The summed E-state index contributed by atoms with van der Waals surface area (Å²) in [6.07, 6.45) is 3.15. The van der Waals surface area contributed by atoms with Gasteiger partial charge >= 0.3 is 0 Å². The van der Waals surface area contributed by atoms with Gasteiger partial charge in [0.05, 0.1) is 23.2 Å². The standard InChI is InChI=1S/C18H15N5O3/c24-17-13-8-14-12(9-15(13)26-16-5-3-7-22(16)17)18(25)23(21-20-14)10-11-4-1-2-6-19-11/h1-2,4,6,8-9,16H,3,5,7,10H2. The van der Waals surface area contributed by atoms with Gasteiger partial charge in [-0.3, -0.25) is 14.6 Å². The summed E-state index contributed by atoms with van der Waals surface area (Å²) in [6.45, 7) is 0.925. The zero-order valence-electron chi connectivity index (χ0n) is 13.8. The molecule has 1 saturated heterocycles. The molecule has 2 aliphatic heterocycles. The first kappa shape index (κ1) is 15.0. The van der Waals surface area contributed by atoms with Crippen molar-refractivity contribution in [2.45, 2.75) is 25.6 Å². The number of carbonyl (C=O) groups excluding carboxylic acids is 1. The number of rotatable bonds is 2. The number of ether oxygens (including phenoxy) is 1. The van der Waals surface area contributed by atoms with Gasteiger partial charge in [0.25, 0.3) is 11.5 Å². The zero-order chi connectivity index (χ0) is 17.7. The Hall–Kier alpha value is -3.29. The van der Waals surface area contributed by atoms with E-state index in [-0.39, 0.29) is 24.2 Å². The molecule has 1 amide bonds. The molecule has 0 saturated carbocycles. The average molecular weight is 349 g/mol. The summed E-state index contributed by atoms with van der Waals surface area (Å²) in [6, 6.07) is 8.70. The topological polar surface area (TPSA) is 90.2 Å². The maximum atomic E-state index is 12.8. The normalized spacial score (nSPS) is 18.5. The Morgan fingerprint density at radius 1 is 1.23 bits per heavy atom. The second-order valence-electron chi connectivity index (χ2n) is 6.45. The fourth-order valence-electron chi connectivity index (χ4n) is 3.51. The monoisotopic (exact) mass is 349 g/mol. The molecule has 0 spiro atoms. The van der Waals surface area contributed by atoms with Crippen molar-refractivity contribution in [3.05, 3.63) is 58.1 Å². The van der Waals surface area contributed by atoms with Crippen molar-refractivity contribution >= 4 is 16.8 Å². The first-order valence-corrected chi connectivity index (χ1v) is 8.50. The second-order valence-corrected chi connectivity index (χ2v) is 6.45. The van der Waals surface area contributed by atoms with Gasteiger partial charge in [-0.2, -0.15) is 0 Å². The number of nitrogens with zero attached hydrogens (tertiary/aromatic N) is 5. The lowest BCUT2D eigenvalue weighted by Crippen LogP contribution is -2.43. The third-order valence-corrected chi connectivity index (χ3v) is 4.81. The molecule has 2 aromatic heterocycles. The molecule has 8 heteroatoms. The van der Waals surface area contributed by atoms with Crippen LogP contribution in [0.25, 0.3) is 10.9 Å². The highest BCUT2D eigenvalue weighted by Gasteiger charge is 2.37. The van der Waals surface area contributed by atoms with Gasteiger partial charge in [-0.15, -0.1) is 5.10 Å². The molecule has 1 aromatic carbocycles.